The highest BCUT2D eigenvalue weighted by atomic mass is 16.5. The molecule has 0 spiro atoms. The van der Waals surface area contributed by atoms with Crippen LogP contribution in [0.3, 0.4) is 0 Å². The SMILES string of the molecule is Cc1noc(-c2ccc(C(=O)N(C)C(C)c3ccc(-n4cncn4)cc3)cc2)n1. The van der Waals surface area contributed by atoms with E-state index in [1.54, 1.807) is 42.0 Å². The maximum Gasteiger partial charge on any atom is 0.257 e. The number of carbonyl (C=O) groups is 1. The molecule has 0 fully saturated rings. The zero-order chi connectivity index (χ0) is 20.4. The van der Waals surface area contributed by atoms with Crippen molar-refractivity contribution in [3.63, 3.8) is 0 Å². The summed E-state index contributed by atoms with van der Waals surface area (Å²) in [6.45, 7) is 3.76. The van der Waals surface area contributed by atoms with Crippen molar-refractivity contribution in [3.8, 4) is 17.1 Å². The zero-order valence-corrected chi connectivity index (χ0v) is 16.4. The Balaban J connectivity index is 1.48. The molecule has 29 heavy (non-hydrogen) atoms. The molecule has 8 heteroatoms. The van der Waals surface area contributed by atoms with Crippen LogP contribution in [0.5, 0.6) is 0 Å². The lowest BCUT2D eigenvalue weighted by Crippen LogP contribution is -2.29. The molecule has 0 N–H and O–H groups in total. The van der Waals surface area contributed by atoms with Gasteiger partial charge in [0, 0.05) is 18.2 Å². The standard InChI is InChI=1S/C21H20N6O2/c1-14(16-8-10-19(11-9-16)27-13-22-12-23-27)26(3)21(28)18-6-4-17(5-7-18)20-24-15(2)25-29-20/h4-14H,1-3H3. The number of hydrogen-bond donors (Lipinski definition) is 0. The van der Waals surface area contributed by atoms with Gasteiger partial charge >= 0.3 is 0 Å². The van der Waals surface area contributed by atoms with Crippen molar-refractivity contribution in [2.45, 2.75) is 19.9 Å². The highest BCUT2D eigenvalue weighted by Crippen LogP contribution is 2.23. The Kier molecular flexibility index (Phi) is 4.90. The van der Waals surface area contributed by atoms with Crippen LogP contribution in [0.25, 0.3) is 17.1 Å². The molecule has 0 radical (unpaired) electrons. The third kappa shape index (κ3) is 3.77. The smallest absolute Gasteiger partial charge is 0.257 e. The Labute approximate surface area is 167 Å². The van der Waals surface area contributed by atoms with Crippen LogP contribution in [-0.4, -0.2) is 42.8 Å². The number of hydrogen-bond acceptors (Lipinski definition) is 6. The molecule has 8 nitrogen and oxygen atoms in total. The molecule has 0 saturated carbocycles. The second kappa shape index (κ2) is 7.67. The molecule has 4 rings (SSSR count). The second-order valence-electron chi connectivity index (χ2n) is 6.75. The molecule has 2 aromatic carbocycles. The van der Waals surface area contributed by atoms with Gasteiger partial charge in [0.25, 0.3) is 11.8 Å². The van der Waals surface area contributed by atoms with Crippen LogP contribution in [0.2, 0.25) is 0 Å². The van der Waals surface area contributed by atoms with Gasteiger partial charge in [-0.2, -0.15) is 10.1 Å². The van der Waals surface area contributed by atoms with Crippen LogP contribution in [0.1, 0.15) is 34.7 Å². The van der Waals surface area contributed by atoms with Crippen molar-refractivity contribution in [3.05, 3.63) is 78.1 Å². The molecule has 0 aliphatic heterocycles. The Bertz CT molecular complexity index is 1100. The summed E-state index contributed by atoms with van der Waals surface area (Å²) >= 11 is 0. The zero-order valence-electron chi connectivity index (χ0n) is 16.4. The number of carbonyl (C=O) groups excluding carboxylic acids is 1. The quantitative estimate of drug-likeness (QED) is 0.520. The number of nitrogens with zero attached hydrogens (tertiary/aromatic N) is 6. The molecule has 4 aromatic rings. The molecule has 0 aliphatic rings. The highest BCUT2D eigenvalue weighted by Gasteiger charge is 2.19. The maximum atomic E-state index is 12.9. The third-order valence-corrected chi connectivity index (χ3v) is 4.87. The topological polar surface area (TPSA) is 89.9 Å². The van der Waals surface area contributed by atoms with Crippen molar-refractivity contribution >= 4 is 5.91 Å². The molecular weight excluding hydrogens is 368 g/mol. The number of aryl methyl sites for hydroxylation is 1. The van der Waals surface area contributed by atoms with Crippen molar-refractivity contribution < 1.29 is 9.32 Å². The Morgan fingerprint density at radius 3 is 2.41 bits per heavy atom. The number of aromatic nitrogens is 5. The fourth-order valence-corrected chi connectivity index (χ4v) is 3.02. The lowest BCUT2D eigenvalue weighted by Gasteiger charge is -2.25. The van der Waals surface area contributed by atoms with Crippen LogP contribution in [0.4, 0.5) is 0 Å². The molecule has 0 saturated heterocycles. The van der Waals surface area contributed by atoms with Crippen LogP contribution < -0.4 is 0 Å². The van der Waals surface area contributed by atoms with Crippen molar-refractivity contribution in [1.29, 1.82) is 0 Å². The molecule has 1 unspecified atom stereocenters. The molecule has 2 heterocycles. The summed E-state index contributed by atoms with van der Waals surface area (Å²) in [4.78, 5) is 22.8. The summed E-state index contributed by atoms with van der Waals surface area (Å²) < 4.78 is 6.85. The number of rotatable bonds is 5. The average Bonchev–Trinajstić information content (AvgIpc) is 3.44. The lowest BCUT2D eigenvalue weighted by atomic mass is 10.0. The van der Waals surface area contributed by atoms with E-state index in [1.165, 1.54) is 6.33 Å². The average molecular weight is 388 g/mol. The van der Waals surface area contributed by atoms with Gasteiger partial charge in [-0.15, -0.1) is 0 Å². The van der Waals surface area contributed by atoms with Gasteiger partial charge in [-0.25, -0.2) is 9.67 Å². The van der Waals surface area contributed by atoms with Gasteiger partial charge in [0.15, 0.2) is 5.82 Å². The normalized spacial score (nSPS) is 12.0. The van der Waals surface area contributed by atoms with E-state index in [1.807, 2.05) is 43.3 Å². The van der Waals surface area contributed by atoms with E-state index in [4.69, 9.17) is 4.52 Å². The van der Waals surface area contributed by atoms with E-state index in [2.05, 4.69) is 20.2 Å². The van der Waals surface area contributed by atoms with Gasteiger partial charge in [-0.05, 0) is 55.8 Å². The predicted molar refractivity (Wildman–Crippen MR) is 106 cm³/mol. The van der Waals surface area contributed by atoms with Gasteiger partial charge in [0.2, 0.25) is 0 Å². The Morgan fingerprint density at radius 1 is 1.10 bits per heavy atom. The first-order valence-corrected chi connectivity index (χ1v) is 9.16. The number of benzene rings is 2. The van der Waals surface area contributed by atoms with Crippen molar-refractivity contribution in [1.82, 2.24) is 29.8 Å². The van der Waals surface area contributed by atoms with Gasteiger partial charge in [0.05, 0.1) is 11.7 Å². The molecule has 2 aromatic heterocycles. The minimum absolute atomic E-state index is 0.0638. The van der Waals surface area contributed by atoms with E-state index in [-0.39, 0.29) is 11.9 Å². The van der Waals surface area contributed by atoms with Gasteiger partial charge < -0.3 is 9.42 Å². The maximum absolute atomic E-state index is 12.9. The van der Waals surface area contributed by atoms with E-state index in [0.29, 0.717) is 17.3 Å². The Morgan fingerprint density at radius 2 is 1.83 bits per heavy atom. The fraction of sp³-hybridized carbons (Fsp3) is 0.190. The summed E-state index contributed by atoms with van der Waals surface area (Å²) in [5.74, 6) is 0.949. The van der Waals surface area contributed by atoms with E-state index < -0.39 is 0 Å². The predicted octanol–water partition coefficient (Wildman–Crippen LogP) is 3.46. The van der Waals surface area contributed by atoms with E-state index >= 15 is 0 Å². The van der Waals surface area contributed by atoms with Crippen LogP contribution in [0.15, 0.2) is 65.7 Å². The lowest BCUT2D eigenvalue weighted by molar-refractivity contribution is 0.0742. The van der Waals surface area contributed by atoms with Gasteiger partial charge in [-0.1, -0.05) is 17.3 Å². The van der Waals surface area contributed by atoms with E-state index in [9.17, 15) is 4.79 Å². The fourth-order valence-electron chi connectivity index (χ4n) is 3.02. The summed E-state index contributed by atoms with van der Waals surface area (Å²) in [5, 5.41) is 7.91. The first-order valence-electron chi connectivity index (χ1n) is 9.16. The minimum Gasteiger partial charge on any atom is -0.335 e. The molecule has 146 valence electrons. The number of amides is 1. The molecule has 0 bridgehead atoms. The summed E-state index contributed by atoms with van der Waals surface area (Å²) in [6, 6.07) is 15.0. The van der Waals surface area contributed by atoms with E-state index in [0.717, 1.165) is 16.8 Å². The van der Waals surface area contributed by atoms with Crippen molar-refractivity contribution in [2.75, 3.05) is 7.05 Å². The van der Waals surface area contributed by atoms with Gasteiger partial charge in [-0.3, -0.25) is 4.79 Å². The monoisotopic (exact) mass is 388 g/mol. The first kappa shape index (κ1) is 18.5. The second-order valence-corrected chi connectivity index (χ2v) is 6.75. The van der Waals surface area contributed by atoms with Crippen LogP contribution in [0, 0.1) is 6.92 Å². The molecule has 1 amide bonds. The molecular formula is C21H20N6O2. The summed E-state index contributed by atoms with van der Waals surface area (Å²) in [5.41, 5.74) is 3.32. The molecule has 0 aliphatic carbocycles. The van der Waals surface area contributed by atoms with Crippen LogP contribution >= 0.6 is 0 Å². The summed E-state index contributed by atoms with van der Waals surface area (Å²) in [7, 11) is 1.80. The largest absolute Gasteiger partial charge is 0.335 e. The minimum atomic E-state index is -0.0921. The van der Waals surface area contributed by atoms with Crippen molar-refractivity contribution in [2.24, 2.45) is 0 Å². The highest BCUT2D eigenvalue weighted by molar-refractivity contribution is 5.94. The van der Waals surface area contributed by atoms with Gasteiger partial charge in [0.1, 0.15) is 12.7 Å². The third-order valence-electron chi connectivity index (χ3n) is 4.87. The first-order chi connectivity index (χ1) is 14.0. The Hall–Kier alpha value is -3.81. The molecule has 1 atom stereocenters. The summed E-state index contributed by atoms with van der Waals surface area (Å²) in [6.07, 6.45) is 3.14. The van der Waals surface area contributed by atoms with Crippen LogP contribution in [-0.2, 0) is 0 Å².